The molecule has 0 radical (unpaired) electrons. The van der Waals surface area contributed by atoms with Gasteiger partial charge in [0.05, 0.1) is 25.6 Å². The first-order valence-corrected chi connectivity index (χ1v) is 8.67. The molecule has 1 aromatic rings. The van der Waals surface area contributed by atoms with Crippen molar-refractivity contribution in [3.8, 4) is 0 Å². The highest BCUT2D eigenvalue weighted by atomic mass is 35.7. The molecule has 1 aromatic carbocycles. The van der Waals surface area contributed by atoms with Crippen LogP contribution in [0.4, 0.5) is 0 Å². The van der Waals surface area contributed by atoms with E-state index in [0.29, 0.717) is 19.8 Å². The molecule has 0 bridgehead atoms. The summed E-state index contributed by atoms with van der Waals surface area (Å²) in [6, 6.07) is 10.2. The van der Waals surface area contributed by atoms with Gasteiger partial charge in [0.25, 0.3) is 0 Å². The molecule has 0 atom stereocenters. The summed E-state index contributed by atoms with van der Waals surface area (Å²) in [4.78, 5) is 0. The van der Waals surface area contributed by atoms with Gasteiger partial charge in [-0.05, 0) is 18.4 Å². The van der Waals surface area contributed by atoms with Crippen LogP contribution in [0.2, 0.25) is 0 Å². The molecule has 0 amide bonds. The minimum absolute atomic E-state index is 0.110. The molecule has 6 heteroatoms. The van der Waals surface area contributed by atoms with Crippen LogP contribution < -0.4 is 0 Å². The SMILES string of the molecule is O=S(=O)(Cl)CCOCCOCCCc1ccccc1. The van der Waals surface area contributed by atoms with E-state index in [0.717, 1.165) is 12.8 Å². The Hall–Kier alpha value is -0.620. The van der Waals surface area contributed by atoms with Crippen LogP contribution in [0.15, 0.2) is 30.3 Å². The first kappa shape index (κ1) is 16.4. The van der Waals surface area contributed by atoms with Crippen LogP contribution in [0.3, 0.4) is 0 Å². The molecular weight excluding hydrogens is 288 g/mol. The van der Waals surface area contributed by atoms with E-state index in [2.05, 4.69) is 12.1 Å². The van der Waals surface area contributed by atoms with Gasteiger partial charge in [0, 0.05) is 17.3 Å². The second-order valence-electron chi connectivity index (χ2n) is 4.06. The van der Waals surface area contributed by atoms with Crippen molar-refractivity contribution < 1.29 is 17.9 Å². The molecule has 0 unspecified atom stereocenters. The number of aryl methyl sites for hydroxylation is 1. The van der Waals surface area contributed by atoms with Gasteiger partial charge in [-0.3, -0.25) is 0 Å². The van der Waals surface area contributed by atoms with E-state index in [9.17, 15) is 8.42 Å². The number of hydrogen-bond acceptors (Lipinski definition) is 4. The normalized spacial score (nSPS) is 11.6. The molecule has 0 saturated carbocycles. The molecule has 108 valence electrons. The quantitative estimate of drug-likeness (QED) is 0.491. The zero-order valence-corrected chi connectivity index (χ0v) is 12.3. The molecule has 0 aliphatic carbocycles. The van der Waals surface area contributed by atoms with Crippen molar-refractivity contribution in [2.45, 2.75) is 12.8 Å². The van der Waals surface area contributed by atoms with Crippen molar-refractivity contribution in [3.63, 3.8) is 0 Å². The standard InChI is InChI=1S/C13H19ClO4S/c14-19(15,16)12-11-18-10-9-17-8-4-7-13-5-2-1-3-6-13/h1-3,5-6H,4,7-12H2. The number of hydrogen-bond donors (Lipinski definition) is 0. The lowest BCUT2D eigenvalue weighted by Gasteiger charge is -2.05. The number of rotatable bonds is 10. The van der Waals surface area contributed by atoms with Crippen LogP contribution in [0.5, 0.6) is 0 Å². The Morgan fingerprint density at radius 3 is 2.21 bits per heavy atom. The average molecular weight is 307 g/mol. The summed E-state index contributed by atoms with van der Waals surface area (Å²) in [5.41, 5.74) is 1.30. The summed E-state index contributed by atoms with van der Waals surface area (Å²) < 4.78 is 31.7. The molecule has 0 aliphatic heterocycles. The monoisotopic (exact) mass is 306 g/mol. The second-order valence-corrected chi connectivity index (χ2v) is 6.95. The molecule has 4 nitrogen and oxygen atoms in total. The second kappa shape index (κ2) is 9.31. The van der Waals surface area contributed by atoms with Crippen LogP contribution in [-0.4, -0.2) is 40.6 Å². The third-order valence-electron chi connectivity index (χ3n) is 2.44. The van der Waals surface area contributed by atoms with Crippen LogP contribution in [0, 0.1) is 0 Å². The predicted molar refractivity (Wildman–Crippen MR) is 76.0 cm³/mol. The predicted octanol–water partition coefficient (Wildman–Crippen LogP) is 2.22. The summed E-state index contributed by atoms with van der Waals surface area (Å²) in [5, 5.41) is 0. The van der Waals surface area contributed by atoms with Gasteiger partial charge < -0.3 is 9.47 Å². The fourth-order valence-corrected chi connectivity index (χ4v) is 2.01. The Labute approximate surface area is 119 Å². The minimum atomic E-state index is -3.45. The lowest BCUT2D eigenvalue weighted by atomic mass is 10.1. The zero-order chi connectivity index (χ0) is 14.0. The zero-order valence-electron chi connectivity index (χ0n) is 10.8. The van der Waals surface area contributed by atoms with Crippen molar-refractivity contribution in [1.29, 1.82) is 0 Å². The molecule has 0 saturated heterocycles. The first-order valence-electron chi connectivity index (χ1n) is 6.20. The van der Waals surface area contributed by atoms with E-state index in [4.69, 9.17) is 20.2 Å². The first-order chi connectivity index (χ1) is 9.08. The summed E-state index contributed by atoms with van der Waals surface area (Å²) in [6.45, 7) is 1.64. The molecule has 0 N–H and O–H groups in total. The fraction of sp³-hybridized carbons (Fsp3) is 0.538. The molecule has 0 aliphatic rings. The van der Waals surface area contributed by atoms with E-state index in [-0.39, 0.29) is 12.4 Å². The summed E-state index contributed by atoms with van der Waals surface area (Å²) >= 11 is 0. The lowest BCUT2D eigenvalue weighted by molar-refractivity contribution is 0.0527. The van der Waals surface area contributed by atoms with Crippen LogP contribution in [0.1, 0.15) is 12.0 Å². The van der Waals surface area contributed by atoms with Gasteiger partial charge in [0.1, 0.15) is 0 Å². The molecule has 19 heavy (non-hydrogen) atoms. The van der Waals surface area contributed by atoms with Gasteiger partial charge in [-0.2, -0.15) is 0 Å². The Bertz CT molecular complexity index is 433. The van der Waals surface area contributed by atoms with Crippen molar-refractivity contribution in [1.82, 2.24) is 0 Å². The largest absolute Gasteiger partial charge is 0.379 e. The van der Waals surface area contributed by atoms with Gasteiger partial charge in [-0.25, -0.2) is 8.42 Å². The molecule has 1 rings (SSSR count). The van der Waals surface area contributed by atoms with Crippen LogP contribution >= 0.6 is 10.7 Å². The minimum Gasteiger partial charge on any atom is -0.379 e. The smallest absolute Gasteiger partial charge is 0.234 e. The maximum Gasteiger partial charge on any atom is 0.234 e. The maximum atomic E-state index is 10.6. The van der Waals surface area contributed by atoms with Gasteiger partial charge in [-0.1, -0.05) is 30.3 Å². The van der Waals surface area contributed by atoms with E-state index in [1.807, 2.05) is 18.2 Å². The van der Waals surface area contributed by atoms with Gasteiger partial charge in [-0.15, -0.1) is 0 Å². The van der Waals surface area contributed by atoms with Crippen LogP contribution in [-0.2, 0) is 24.9 Å². The van der Waals surface area contributed by atoms with E-state index in [1.165, 1.54) is 5.56 Å². The summed E-state index contributed by atoms with van der Waals surface area (Å²) in [5.74, 6) is -0.164. The molecule has 0 spiro atoms. The van der Waals surface area contributed by atoms with Crippen molar-refractivity contribution in [3.05, 3.63) is 35.9 Å². The molecule has 0 aromatic heterocycles. The molecular formula is C13H19ClO4S. The Kier molecular flexibility index (Phi) is 8.05. The number of ether oxygens (including phenoxy) is 2. The van der Waals surface area contributed by atoms with Crippen molar-refractivity contribution in [2.75, 3.05) is 32.2 Å². The Morgan fingerprint density at radius 1 is 0.947 bits per heavy atom. The Morgan fingerprint density at radius 2 is 1.58 bits per heavy atom. The Balaban J connectivity index is 1.89. The highest BCUT2D eigenvalue weighted by molar-refractivity contribution is 8.13. The fourth-order valence-electron chi connectivity index (χ4n) is 1.50. The third-order valence-corrected chi connectivity index (χ3v) is 3.56. The number of benzene rings is 1. The van der Waals surface area contributed by atoms with Gasteiger partial charge in [0.15, 0.2) is 0 Å². The van der Waals surface area contributed by atoms with Gasteiger partial charge in [0.2, 0.25) is 9.05 Å². The third kappa shape index (κ3) is 9.90. The highest BCUT2D eigenvalue weighted by Crippen LogP contribution is 2.02. The molecule has 0 fully saturated rings. The summed E-state index contributed by atoms with van der Waals surface area (Å²) in [6.07, 6.45) is 1.95. The van der Waals surface area contributed by atoms with E-state index in [1.54, 1.807) is 0 Å². The van der Waals surface area contributed by atoms with Crippen molar-refractivity contribution in [2.24, 2.45) is 0 Å². The maximum absolute atomic E-state index is 10.6. The highest BCUT2D eigenvalue weighted by Gasteiger charge is 2.03. The topological polar surface area (TPSA) is 52.6 Å². The van der Waals surface area contributed by atoms with Crippen LogP contribution in [0.25, 0.3) is 0 Å². The van der Waals surface area contributed by atoms with Crippen molar-refractivity contribution >= 4 is 19.7 Å². The van der Waals surface area contributed by atoms with E-state index < -0.39 is 9.05 Å². The summed E-state index contributed by atoms with van der Waals surface area (Å²) in [7, 11) is 1.58. The van der Waals surface area contributed by atoms with Gasteiger partial charge >= 0.3 is 0 Å². The van der Waals surface area contributed by atoms with E-state index >= 15 is 0 Å². The number of halogens is 1. The lowest BCUT2D eigenvalue weighted by Crippen LogP contribution is -2.11. The average Bonchev–Trinajstić information content (AvgIpc) is 2.37. The molecule has 0 heterocycles.